The first-order valence-electron chi connectivity index (χ1n) is 7.31. The van der Waals surface area contributed by atoms with Gasteiger partial charge in [0.25, 0.3) is 0 Å². The first-order chi connectivity index (χ1) is 10.4. The molecule has 21 heavy (non-hydrogen) atoms. The van der Waals surface area contributed by atoms with Crippen molar-refractivity contribution in [2.45, 2.75) is 25.6 Å². The molecule has 5 nitrogen and oxygen atoms in total. The quantitative estimate of drug-likeness (QED) is 0.786. The Balaban J connectivity index is 1.56. The number of hydrogen-bond acceptors (Lipinski definition) is 4. The maximum Gasteiger partial charge on any atom is 0.123 e. The second kappa shape index (κ2) is 6.74. The Morgan fingerprint density at radius 3 is 3.19 bits per heavy atom. The van der Waals surface area contributed by atoms with E-state index in [2.05, 4.69) is 27.0 Å². The number of rotatable bonds is 7. The Bertz CT molecular complexity index is 557. The van der Waals surface area contributed by atoms with Crippen molar-refractivity contribution >= 4 is 0 Å². The molecule has 0 bridgehead atoms. The van der Waals surface area contributed by atoms with Crippen LogP contribution < -0.4 is 10.1 Å². The Hall–Kier alpha value is -1.85. The minimum Gasteiger partial charge on any atom is -0.488 e. The summed E-state index contributed by atoms with van der Waals surface area (Å²) in [5.74, 6) is 2.05. The maximum absolute atomic E-state index is 5.99. The van der Waals surface area contributed by atoms with Crippen molar-refractivity contribution in [1.29, 1.82) is 0 Å². The molecule has 0 radical (unpaired) electrons. The lowest BCUT2D eigenvalue weighted by molar-refractivity contribution is 0.197. The fraction of sp³-hybridized carbons (Fsp3) is 0.438. The molecule has 1 aromatic heterocycles. The number of nitrogens with one attached hydrogen (secondary N) is 1. The average Bonchev–Trinajstić information content (AvgIpc) is 3.10. The molecule has 1 atom stereocenters. The normalized spacial score (nSPS) is 16.7. The van der Waals surface area contributed by atoms with E-state index in [4.69, 9.17) is 9.47 Å². The maximum atomic E-state index is 5.99. The lowest BCUT2D eigenvalue weighted by Crippen LogP contribution is -2.25. The van der Waals surface area contributed by atoms with Gasteiger partial charge in [0.15, 0.2) is 0 Å². The summed E-state index contributed by atoms with van der Waals surface area (Å²) in [6.07, 6.45) is 5.01. The number of hydrogen-bond donors (Lipinski definition) is 1. The van der Waals surface area contributed by atoms with E-state index in [-0.39, 0.29) is 6.10 Å². The fourth-order valence-corrected chi connectivity index (χ4v) is 2.62. The first kappa shape index (κ1) is 14.1. The van der Waals surface area contributed by atoms with Crippen LogP contribution in [0.4, 0.5) is 0 Å². The van der Waals surface area contributed by atoms with Crippen LogP contribution in [0.25, 0.3) is 0 Å². The number of ether oxygens (including phenoxy) is 2. The van der Waals surface area contributed by atoms with E-state index < -0.39 is 0 Å². The molecule has 0 spiro atoms. The Morgan fingerprint density at radius 1 is 1.43 bits per heavy atom. The largest absolute Gasteiger partial charge is 0.488 e. The van der Waals surface area contributed by atoms with E-state index in [1.807, 2.05) is 24.5 Å². The molecular formula is C16H21N3O2. The number of imidazole rings is 1. The van der Waals surface area contributed by atoms with Crippen LogP contribution in [0.3, 0.4) is 0 Å². The van der Waals surface area contributed by atoms with E-state index in [1.54, 1.807) is 7.11 Å². The van der Waals surface area contributed by atoms with E-state index in [1.165, 1.54) is 5.56 Å². The first-order valence-corrected chi connectivity index (χ1v) is 7.31. The molecule has 2 aromatic rings. The van der Waals surface area contributed by atoms with E-state index in [0.29, 0.717) is 6.61 Å². The molecule has 3 rings (SSSR count). The van der Waals surface area contributed by atoms with Crippen molar-refractivity contribution in [3.63, 3.8) is 0 Å². The summed E-state index contributed by atoms with van der Waals surface area (Å²) >= 11 is 0. The highest BCUT2D eigenvalue weighted by Crippen LogP contribution is 2.28. The van der Waals surface area contributed by atoms with Crippen LogP contribution >= 0.6 is 0 Å². The molecule has 0 aliphatic carbocycles. The molecule has 0 fully saturated rings. The Kier molecular flexibility index (Phi) is 4.52. The zero-order valence-electron chi connectivity index (χ0n) is 12.3. The molecule has 1 unspecified atom stereocenters. The van der Waals surface area contributed by atoms with Crippen molar-refractivity contribution in [2.24, 2.45) is 0 Å². The third-order valence-corrected chi connectivity index (χ3v) is 3.68. The summed E-state index contributed by atoms with van der Waals surface area (Å²) in [6, 6.07) is 8.25. The number of methoxy groups -OCH3 is 1. The smallest absolute Gasteiger partial charge is 0.123 e. The number of nitrogens with zero attached hydrogens (tertiary/aromatic N) is 2. The zero-order valence-corrected chi connectivity index (χ0v) is 12.3. The van der Waals surface area contributed by atoms with E-state index in [9.17, 15) is 0 Å². The third-order valence-electron chi connectivity index (χ3n) is 3.68. The van der Waals surface area contributed by atoms with Gasteiger partial charge in [0.2, 0.25) is 0 Å². The highest BCUT2D eigenvalue weighted by Gasteiger charge is 2.23. The summed E-state index contributed by atoms with van der Waals surface area (Å²) in [7, 11) is 1.71. The molecule has 5 heteroatoms. The molecule has 1 aliphatic rings. The molecule has 1 aromatic carbocycles. The molecule has 0 saturated carbocycles. The standard InChI is InChI=1S/C16H21N3O2/c1-20-9-7-17-11-16-18-6-8-19(16)12-14-10-13-4-2-3-5-15(13)21-14/h2-6,8,14,17H,7,9-12H2,1H3. The van der Waals surface area contributed by atoms with Crippen LogP contribution in [-0.2, 0) is 24.2 Å². The predicted octanol–water partition coefficient (Wildman–Crippen LogP) is 1.62. The zero-order chi connectivity index (χ0) is 14.5. The number of para-hydroxylation sites is 1. The van der Waals surface area contributed by atoms with Gasteiger partial charge >= 0.3 is 0 Å². The highest BCUT2D eigenvalue weighted by molar-refractivity contribution is 5.37. The van der Waals surface area contributed by atoms with Crippen LogP contribution in [0.2, 0.25) is 0 Å². The van der Waals surface area contributed by atoms with E-state index >= 15 is 0 Å². The van der Waals surface area contributed by atoms with Crippen molar-refractivity contribution in [3.8, 4) is 5.75 Å². The van der Waals surface area contributed by atoms with Gasteiger partial charge in [-0.3, -0.25) is 0 Å². The summed E-state index contributed by atoms with van der Waals surface area (Å²) in [4.78, 5) is 4.41. The van der Waals surface area contributed by atoms with Crippen LogP contribution in [0, 0.1) is 0 Å². The summed E-state index contributed by atoms with van der Waals surface area (Å²) < 4.78 is 13.2. The minimum absolute atomic E-state index is 0.189. The number of benzene rings is 1. The Labute approximate surface area is 124 Å². The van der Waals surface area contributed by atoms with Gasteiger partial charge in [0.05, 0.1) is 19.7 Å². The van der Waals surface area contributed by atoms with Gasteiger partial charge in [-0.05, 0) is 11.6 Å². The van der Waals surface area contributed by atoms with Crippen LogP contribution in [0.15, 0.2) is 36.7 Å². The average molecular weight is 287 g/mol. The Morgan fingerprint density at radius 2 is 2.33 bits per heavy atom. The second-order valence-electron chi connectivity index (χ2n) is 5.22. The summed E-state index contributed by atoms with van der Waals surface area (Å²) in [5.41, 5.74) is 1.29. The molecule has 0 saturated heterocycles. The van der Waals surface area contributed by atoms with Crippen molar-refractivity contribution in [3.05, 3.63) is 48.0 Å². The minimum atomic E-state index is 0.189. The van der Waals surface area contributed by atoms with Crippen molar-refractivity contribution in [2.75, 3.05) is 20.3 Å². The third kappa shape index (κ3) is 3.43. The van der Waals surface area contributed by atoms with Crippen LogP contribution in [0.5, 0.6) is 5.75 Å². The molecule has 2 heterocycles. The molecular weight excluding hydrogens is 266 g/mol. The number of aromatic nitrogens is 2. The molecule has 1 aliphatic heterocycles. The van der Waals surface area contributed by atoms with Crippen LogP contribution in [0.1, 0.15) is 11.4 Å². The van der Waals surface area contributed by atoms with Gasteiger partial charge in [-0.15, -0.1) is 0 Å². The van der Waals surface area contributed by atoms with Gasteiger partial charge < -0.3 is 19.4 Å². The molecule has 0 amide bonds. The second-order valence-corrected chi connectivity index (χ2v) is 5.22. The van der Waals surface area contributed by atoms with Crippen molar-refractivity contribution < 1.29 is 9.47 Å². The predicted molar refractivity (Wildman–Crippen MR) is 80.4 cm³/mol. The molecule has 112 valence electrons. The lowest BCUT2D eigenvalue weighted by atomic mass is 10.1. The van der Waals surface area contributed by atoms with Gasteiger partial charge in [-0.1, -0.05) is 18.2 Å². The summed E-state index contributed by atoms with van der Waals surface area (Å²) in [6.45, 7) is 3.11. The van der Waals surface area contributed by atoms with Gasteiger partial charge in [-0.2, -0.15) is 0 Å². The van der Waals surface area contributed by atoms with Gasteiger partial charge in [-0.25, -0.2) is 4.98 Å². The fourth-order valence-electron chi connectivity index (χ4n) is 2.62. The topological polar surface area (TPSA) is 48.3 Å². The van der Waals surface area contributed by atoms with Gasteiger partial charge in [0.1, 0.15) is 17.7 Å². The lowest BCUT2D eigenvalue weighted by Gasteiger charge is -2.14. The SMILES string of the molecule is COCCNCc1nccn1CC1Cc2ccccc2O1. The monoisotopic (exact) mass is 287 g/mol. The number of fused-ring (bicyclic) bond motifs is 1. The van der Waals surface area contributed by atoms with E-state index in [0.717, 1.165) is 37.6 Å². The molecule has 1 N–H and O–H groups in total. The highest BCUT2D eigenvalue weighted by atomic mass is 16.5. The van der Waals surface area contributed by atoms with Crippen LogP contribution in [-0.4, -0.2) is 35.9 Å². The van der Waals surface area contributed by atoms with Crippen molar-refractivity contribution in [1.82, 2.24) is 14.9 Å². The summed E-state index contributed by atoms with van der Waals surface area (Å²) in [5, 5.41) is 3.32. The van der Waals surface area contributed by atoms with Gasteiger partial charge in [0, 0.05) is 32.5 Å².